The lowest BCUT2D eigenvalue weighted by molar-refractivity contribution is 0.334. The Morgan fingerprint density at radius 3 is 1.83 bits per heavy atom. The van der Waals surface area contributed by atoms with Crippen LogP contribution < -0.4 is 5.32 Å². The van der Waals surface area contributed by atoms with E-state index in [1.807, 2.05) is 60.7 Å². The SMILES string of the molecule is C=C/C=C\C(=C)OC(=C)C(=C)Nc1nc(-c2ccccc2)nc(-c2ccccc2)n1. The Balaban J connectivity index is 1.89. The van der Waals surface area contributed by atoms with Crippen molar-refractivity contribution < 1.29 is 4.74 Å². The molecule has 0 saturated carbocycles. The van der Waals surface area contributed by atoms with Gasteiger partial charge in [0.05, 0.1) is 5.70 Å². The van der Waals surface area contributed by atoms with Crippen LogP contribution in [0.3, 0.4) is 0 Å². The van der Waals surface area contributed by atoms with E-state index in [9.17, 15) is 0 Å². The van der Waals surface area contributed by atoms with E-state index in [2.05, 4.69) is 46.6 Å². The van der Waals surface area contributed by atoms with Gasteiger partial charge in [-0.15, -0.1) is 0 Å². The van der Waals surface area contributed by atoms with Crippen molar-refractivity contribution in [3.63, 3.8) is 0 Å². The Hall–Kier alpha value is -4.25. The number of allylic oxidation sites excluding steroid dienone is 3. The summed E-state index contributed by atoms with van der Waals surface area (Å²) in [5, 5.41) is 3.06. The normalized spacial score (nSPS) is 10.4. The minimum absolute atomic E-state index is 0.302. The van der Waals surface area contributed by atoms with Crippen molar-refractivity contribution in [1.29, 1.82) is 0 Å². The zero-order valence-corrected chi connectivity index (χ0v) is 16.6. The summed E-state index contributed by atoms with van der Waals surface area (Å²) in [5.41, 5.74) is 2.17. The van der Waals surface area contributed by atoms with Gasteiger partial charge < -0.3 is 10.1 Å². The van der Waals surface area contributed by atoms with Crippen molar-refractivity contribution in [3.8, 4) is 22.8 Å². The van der Waals surface area contributed by atoms with Crippen molar-refractivity contribution in [2.75, 3.05) is 5.32 Å². The van der Waals surface area contributed by atoms with Crippen LogP contribution in [0.5, 0.6) is 0 Å². The average molecular weight is 394 g/mol. The van der Waals surface area contributed by atoms with Gasteiger partial charge in [-0.25, -0.2) is 4.98 Å². The van der Waals surface area contributed by atoms with E-state index in [-0.39, 0.29) is 0 Å². The van der Waals surface area contributed by atoms with E-state index in [1.54, 1.807) is 18.2 Å². The van der Waals surface area contributed by atoms with Crippen LogP contribution in [0.15, 0.2) is 122 Å². The van der Waals surface area contributed by atoms with Crippen molar-refractivity contribution >= 4 is 5.95 Å². The first-order valence-electron chi connectivity index (χ1n) is 9.25. The summed E-state index contributed by atoms with van der Waals surface area (Å²) in [5.74, 6) is 2.14. The molecule has 1 N–H and O–H groups in total. The summed E-state index contributed by atoms with van der Waals surface area (Å²) in [6.45, 7) is 15.3. The third-order valence-electron chi connectivity index (χ3n) is 3.97. The van der Waals surface area contributed by atoms with Crippen molar-refractivity contribution in [2.45, 2.75) is 0 Å². The molecule has 0 fully saturated rings. The van der Waals surface area contributed by atoms with Crippen molar-refractivity contribution in [3.05, 3.63) is 122 Å². The van der Waals surface area contributed by atoms with Crippen LogP contribution in [0.25, 0.3) is 22.8 Å². The Labute approximate surface area is 176 Å². The van der Waals surface area contributed by atoms with E-state index in [4.69, 9.17) is 4.74 Å². The van der Waals surface area contributed by atoms with E-state index in [0.29, 0.717) is 34.8 Å². The smallest absolute Gasteiger partial charge is 0.231 e. The number of hydrogen-bond acceptors (Lipinski definition) is 5. The maximum absolute atomic E-state index is 5.56. The van der Waals surface area contributed by atoms with Crippen LogP contribution in [0.2, 0.25) is 0 Å². The number of ether oxygens (including phenoxy) is 1. The van der Waals surface area contributed by atoms with Crippen molar-refractivity contribution in [1.82, 2.24) is 15.0 Å². The van der Waals surface area contributed by atoms with E-state index in [1.165, 1.54) is 0 Å². The second-order valence-electron chi connectivity index (χ2n) is 6.23. The number of rotatable bonds is 9. The molecule has 0 bridgehead atoms. The fraction of sp³-hybridized carbons (Fsp3) is 0. The van der Waals surface area contributed by atoms with Crippen LogP contribution in [0, 0.1) is 0 Å². The molecule has 0 amide bonds. The first kappa shape index (κ1) is 20.5. The Kier molecular flexibility index (Phi) is 6.69. The molecular weight excluding hydrogens is 372 g/mol. The number of nitrogens with one attached hydrogen (secondary N) is 1. The molecule has 148 valence electrons. The molecule has 0 aliphatic rings. The molecule has 3 rings (SSSR count). The molecule has 30 heavy (non-hydrogen) atoms. The minimum atomic E-state index is 0.302. The zero-order chi connectivity index (χ0) is 21.3. The van der Waals surface area contributed by atoms with Gasteiger partial charge in [-0.05, 0) is 6.08 Å². The maximum atomic E-state index is 5.56. The molecule has 0 aliphatic carbocycles. The molecule has 2 aromatic carbocycles. The van der Waals surface area contributed by atoms with Crippen LogP contribution in [-0.4, -0.2) is 15.0 Å². The van der Waals surface area contributed by atoms with Crippen LogP contribution in [-0.2, 0) is 4.74 Å². The highest BCUT2D eigenvalue weighted by Gasteiger charge is 2.12. The highest BCUT2D eigenvalue weighted by molar-refractivity contribution is 5.63. The number of nitrogens with zero attached hydrogens (tertiary/aromatic N) is 3. The Morgan fingerprint density at radius 2 is 1.33 bits per heavy atom. The third-order valence-corrected chi connectivity index (χ3v) is 3.97. The molecule has 0 radical (unpaired) electrons. The fourth-order valence-corrected chi connectivity index (χ4v) is 2.50. The lowest BCUT2D eigenvalue weighted by Crippen LogP contribution is -2.08. The largest absolute Gasteiger partial charge is 0.456 e. The monoisotopic (exact) mass is 394 g/mol. The molecule has 5 heteroatoms. The number of hydrogen-bond donors (Lipinski definition) is 1. The van der Waals surface area contributed by atoms with E-state index < -0.39 is 0 Å². The molecule has 1 aromatic heterocycles. The molecular formula is C25H22N4O. The number of aromatic nitrogens is 3. The summed E-state index contributed by atoms with van der Waals surface area (Å²) in [6.07, 6.45) is 5.02. The van der Waals surface area contributed by atoms with Gasteiger partial charge in [0.25, 0.3) is 0 Å². The topological polar surface area (TPSA) is 59.9 Å². The van der Waals surface area contributed by atoms with Gasteiger partial charge in [0.2, 0.25) is 5.95 Å². The van der Waals surface area contributed by atoms with Crippen molar-refractivity contribution in [2.24, 2.45) is 0 Å². The molecule has 0 unspecified atom stereocenters. The van der Waals surface area contributed by atoms with Gasteiger partial charge in [-0.3, -0.25) is 0 Å². The van der Waals surface area contributed by atoms with Gasteiger partial charge in [0.1, 0.15) is 11.5 Å². The predicted octanol–water partition coefficient (Wildman–Crippen LogP) is 5.92. The second-order valence-corrected chi connectivity index (χ2v) is 6.23. The predicted molar refractivity (Wildman–Crippen MR) is 122 cm³/mol. The molecule has 0 saturated heterocycles. The first-order valence-corrected chi connectivity index (χ1v) is 9.25. The highest BCUT2D eigenvalue weighted by atomic mass is 16.5. The second kappa shape index (κ2) is 9.80. The lowest BCUT2D eigenvalue weighted by Gasteiger charge is -2.13. The molecule has 5 nitrogen and oxygen atoms in total. The average Bonchev–Trinajstić information content (AvgIpc) is 2.78. The van der Waals surface area contributed by atoms with Gasteiger partial charge in [-0.1, -0.05) is 99.1 Å². The quantitative estimate of drug-likeness (QED) is 0.361. The van der Waals surface area contributed by atoms with Gasteiger partial charge in [0.15, 0.2) is 11.6 Å². The molecule has 0 atom stereocenters. The molecule has 1 heterocycles. The summed E-state index contributed by atoms with van der Waals surface area (Å²) >= 11 is 0. The summed E-state index contributed by atoms with van der Waals surface area (Å²) < 4.78 is 5.56. The molecule has 3 aromatic rings. The van der Waals surface area contributed by atoms with Crippen LogP contribution in [0.4, 0.5) is 5.95 Å². The fourth-order valence-electron chi connectivity index (χ4n) is 2.50. The van der Waals surface area contributed by atoms with Crippen LogP contribution in [0.1, 0.15) is 0 Å². The molecule has 0 aliphatic heterocycles. The third kappa shape index (κ3) is 5.39. The van der Waals surface area contributed by atoms with E-state index in [0.717, 1.165) is 11.1 Å². The summed E-state index contributed by atoms with van der Waals surface area (Å²) in [6, 6.07) is 19.4. The standard InChI is InChI=1S/C25H22N4O/c1-5-6-13-18(2)30-20(4)19(3)26-25-28-23(21-14-9-7-10-15-21)27-24(29-25)22-16-11-8-12-17-22/h5-17H,1-4H2,(H,26,27,28,29)/b13-6-. The Morgan fingerprint density at radius 1 is 0.800 bits per heavy atom. The van der Waals surface area contributed by atoms with E-state index >= 15 is 0 Å². The Bertz CT molecular complexity index is 1040. The van der Waals surface area contributed by atoms with Gasteiger partial charge in [-0.2, -0.15) is 9.97 Å². The minimum Gasteiger partial charge on any atom is -0.456 e. The number of anilines is 1. The molecule has 0 spiro atoms. The number of benzene rings is 2. The summed E-state index contributed by atoms with van der Waals surface area (Å²) in [7, 11) is 0. The maximum Gasteiger partial charge on any atom is 0.231 e. The van der Waals surface area contributed by atoms with Gasteiger partial charge in [0, 0.05) is 11.1 Å². The first-order chi connectivity index (χ1) is 14.6. The summed E-state index contributed by atoms with van der Waals surface area (Å²) in [4.78, 5) is 13.7. The lowest BCUT2D eigenvalue weighted by atomic mass is 10.2. The zero-order valence-electron chi connectivity index (χ0n) is 16.6. The van der Waals surface area contributed by atoms with Gasteiger partial charge >= 0.3 is 0 Å². The van der Waals surface area contributed by atoms with Crippen LogP contribution >= 0.6 is 0 Å². The highest BCUT2D eigenvalue weighted by Crippen LogP contribution is 2.23.